The van der Waals surface area contributed by atoms with Crippen LogP contribution in [0.2, 0.25) is 0 Å². The van der Waals surface area contributed by atoms with E-state index in [4.69, 9.17) is 0 Å². The zero-order chi connectivity index (χ0) is 13.8. The molecule has 0 aromatic heterocycles. The second-order valence-corrected chi connectivity index (χ2v) is 6.42. The number of para-hydroxylation sites is 1. The number of anilines is 1. The highest BCUT2D eigenvalue weighted by Gasteiger charge is 2.21. The minimum Gasteiger partial charge on any atom is -0.369 e. The minimum atomic E-state index is 0.546. The highest BCUT2D eigenvalue weighted by molar-refractivity contribution is 5.54. The number of benzene rings is 1. The molecule has 1 saturated carbocycles. The maximum Gasteiger partial charge on any atom is 0.0414 e. The largest absolute Gasteiger partial charge is 0.369 e. The van der Waals surface area contributed by atoms with E-state index in [1.165, 1.54) is 24.1 Å². The van der Waals surface area contributed by atoms with Crippen molar-refractivity contribution >= 4 is 5.69 Å². The Morgan fingerprint density at radius 1 is 1.16 bits per heavy atom. The molecule has 0 atom stereocenters. The third-order valence-electron chi connectivity index (χ3n) is 3.64. The van der Waals surface area contributed by atoms with E-state index in [1.807, 2.05) is 0 Å². The van der Waals surface area contributed by atoms with E-state index in [9.17, 15) is 0 Å². The van der Waals surface area contributed by atoms with Crippen LogP contribution in [0.4, 0.5) is 5.69 Å². The van der Waals surface area contributed by atoms with E-state index in [2.05, 4.69) is 62.2 Å². The lowest BCUT2D eigenvalue weighted by molar-refractivity contribution is 0.567. The van der Waals surface area contributed by atoms with E-state index >= 15 is 0 Å². The van der Waals surface area contributed by atoms with Crippen LogP contribution in [-0.4, -0.2) is 18.6 Å². The molecule has 1 aliphatic carbocycles. The second-order valence-electron chi connectivity index (χ2n) is 6.42. The van der Waals surface area contributed by atoms with Crippen molar-refractivity contribution in [3.05, 3.63) is 29.8 Å². The lowest BCUT2D eigenvalue weighted by atomic mass is 10.1. The molecule has 1 aromatic carbocycles. The molecule has 0 aliphatic heterocycles. The number of hydrogen-bond acceptors (Lipinski definition) is 2. The summed E-state index contributed by atoms with van der Waals surface area (Å²) < 4.78 is 0. The van der Waals surface area contributed by atoms with Gasteiger partial charge in [-0.25, -0.2) is 0 Å². The number of hydrogen-bond donors (Lipinski definition) is 1. The van der Waals surface area contributed by atoms with E-state index < -0.39 is 0 Å². The van der Waals surface area contributed by atoms with Gasteiger partial charge in [0.05, 0.1) is 0 Å². The molecular weight excluding hydrogens is 232 g/mol. The summed E-state index contributed by atoms with van der Waals surface area (Å²) in [6, 6.07) is 10.2. The van der Waals surface area contributed by atoms with Gasteiger partial charge in [-0.15, -0.1) is 0 Å². The Labute approximate surface area is 118 Å². The number of rotatable bonds is 7. The van der Waals surface area contributed by atoms with Crippen LogP contribution < -0.4 is 10.2 Å². The molecule has 1 aliphatic rings. The van der Waals surface area contributed by atoms with Crippen molar-refractivity contribution in [2.45, 2.75) is 59.2 Å². The Morgan fingerprint density at radius 3 is 2.42 bits per heavy atom. The van der Waals surface area contributed by atoms with E-state index in [1.54, 1.807) is 0 Å². The summed E-state index contributed by atoms with van der Waals surface area (Å²) in [4.78, 5) is 2.54. The SMILES string of the molecule is CC(C)CN(c1ccccc1CNC1CC1)C(C)C. The van der Waals surface area contributed by atoms with Crippen molar-refractivity contribution in [2.24, 2.45) is 5.92 Å². The second kappa shape index (κ2) is 6.42. The van der Waals surface area contributed by atoms with Gasteiger partial charge >= 0.3 is 0 Å². The number of nitrogens with one attached hydrogen (secondary N) is 1. The lowest BCUT2D eigenvalue weighted by Crippen LogP contribution is -2.35. The first-order valence-corrected chi connectivity index (χ1v) is 7.66. The van der Waals surface area contributed by atoms with Gasteiger partial charge < -0.3 is 10.2 Å². The molecule has 0 amide bonds. The molecule has 106 valence electrons. The molecule has 0 saturated heterocycles. The molecule has 0 radical (unpaired) electrons. The van der Waals surface area contributed by atoms with E-state index in [-0.39, 0.29) is 0 Å². The summed E-state index contributed by atoms with van der Waals surface area (Å²) >= 11 is 0. The molecule has 19 heavy (non-hydrogen) atoms. The van der Waals surface area contributed by atoms with Crippen molar-refractivity contribution < 1.29 is 0 Å². The van der Waals surface area contributed by atoms with Gasteiger partial charge in [0.1, 0.15) is 0 Å². The minimum absolute atomic E-state index is 0.546. The van der Waals surface area contributed by atoms with Crippen LogP contribution in [0.1, 0.15) is 46.1 Å². The summed E-state index contributed by atoms with van der Waals surface area (Å²) in [5.41, 5.74) is 2.84. The van der Waals surface area contributed by atoms with Gasteiger partial charge in [0.15, 0.2) is 0 Å². The average Bonchev–Trinajstić information content (AvgIpc) is 3.17. The molecule has 1 aromatic rings. The van der Waals surface area contributed by atoms with Crippen LogP contribution in [0.5, 0.6) is 0 Å². The quantitative estimate of drug-likeness (QED) is 0.802. The molecule has 0 heterocycles. The van der Waals surface area contributed by atoms with E-state index in [0.29, 0.717) is 12.0 Å². The fourth-order valence-electron chi connectivity index (χ4n) is 2.46. The third kappa shape index (κ3) is 4.24. The molecule has 0 unspecified atom stereocenters. The molecule has 2 rings (SSSR count). The van der Waals surface area contributed by atoms with Crippen molar-refractivity contribution in [1.82, 2.24) is 5.32 Å². The fraction of sp³-hybridized carbons (Fsp3) is 0.647. The fourth-order valence-corrected chi connectivity index (χ4v) is 2.46. The third-order valence-corrected chi connectivity index (χ3v) is 3.64. The Bertz CT molecular complexity index is 394. The summed E-state index contributed by atoms with van der Waals surface area (Å²) in [6.07, 6.45) is 2.70. The lowest BCUT2D eigenvalue weighted by Gasteiger charge is -2.32. The van der Waals surface area contributed by atoms with Gasteiger partial charge in [-0.1, -0.05) is 32.0 Å². The Hall–Kier alpha value is -1.02. The van der Waals surface area contributed by atoms with E-state index in [0.717, 1.165) is 19.1 Å². The standard InChI is InChI=1S/C17H28N2/c1-13(2)12-19(14(3)4)17-8-6-5-7-15(17)11-18-16-9-10-16/h5-8,13-14,16,18H,9-12H2,1-4H3. The molecule has 1 fully saturated rings. The maximum atomic E-state index is 3.63. The zero-order valence-electron chi connectivity index (χ0n) is 12.8. The monoisotopic (exact) mass is 260 g/mol. The normalized spacial score (nSPS) is 15.3. The predicted molar refractivity (Wildman–Crippen MR) is 83.6 cm³/mol. The molecule has 0 spiro atoms. The van der Waals surface area contributed by atoms with Crippen LogP contribution in [0.15, 0.2) is 24.3 Å². The Kier molecular flexibility index (Phi) is 4.87. The smallest absolute Gasteiger partial charge is 0.0414 e. The van der Waals surface area contributed by atoms with Crippen LogP contribution >= 0.6 is 0 Å². The van der Waals surface area contributed by atoms with Gasteiger partial charge in [0.25, 0.3) is 0 Å². The average molecular weight is 260 g/mol. The van der Waals surface area contributed by atoms with Gasteiger partial charge in [-0.3, -0.25) is 0 Å². The zero-order valence-corrected chi connectivity index (χ0v) is 12.8. The number of nitrogens with zero attached hydrogens (tertiary/aromatic N) is 1. The maximum absolute atomic E-state index is 3.63. The summed E-state index contributed by atoms with van der Waals surface area (Å²) in [6.45, 7) is 11.3. The van der Waals surface area contributed by atoms with Crippen molar-refractivity contribution in [3.63, 3.8) is 0 Å². The molecule has 2 nitrogen and oxygen atoms in total. The highest BCUT2D eigenvalue weighted by atomic mass is 15.2. The van der Waals surface area contributed by atoms with Crippen LogP contribution in [-0.2, 0) is 6.54 Å². The Balaban J connectivity index is 2.14. The van der Waals surface area contributed by atoms with Crippen LogP contribution in [0, 0.1) is 5.92 Å². The van der Waals surface area contributed by atoms with Gasteiger partial charge in [0, 0.05) is 30.9 Å². The molecule has 2 heteroatoms. The Morgan fingerprint density at radius 2 is 1.84 bits per heavy atom. The predicted octanol–water partition coefficient (Wildman–Crippen LogP) is 3.81. The molecular formula is C17H28N2. The first-order valence-electron chi connectivity index (χ1n) is 7.66. The van der Waals surface area contributed by atoms with Crippen molar-refractivity contribution in [3.8, 4) is 0 Å². The highest BCUT2D eigenvalue weighted by Crippen LogP contribution is 2.25. The topological polar surface area (TPSA) is 15.3 Å². The first-order chi connectivity index (χ1) is 9.08. The summed E-state index contributed by atoms with van der Waals surface area (Å²) in [7, 11) is 0. The van der Waals surface area contributed by atoms with Crippen molar-refractivity contribution in [2.75, 3.05) is 11.4 Å². The van der Waals surface area contributed by atoms with Crippen LogP contribution in [0.25, 0.3) is 0 Å². The summed E-state index contributed by atoms with van der Waals surface area (Å²) in [5.74, 6) is 0.687. The van der Waals surface area contributed by atoms with Crippen molar-refractivity contribution in [1.29, 1.82) is 0 Å². The van der Waals surface area contributed by atoms with Gasteiger partial charge in [0.2, 0.25) is 0 Å². The van der Waals surface area contributed by atoms with Crippen LogP contribution in [0.3, 0.4) is 0 Å². The molecule has 1 N–H and O–H groups in total. The molecule has 0 bridgehead atoms. The van der Waals surface area contributed by atoms with Gasteiger partial charge in [-0.05, 0) is 44.2 Å². The summed E-state index contributed by atoms with van der Waals surface area (Å²) in [5, 5.41) is 3.63. The van der Waals surface area contributed by atoms with Gasteiger partial charge in [-0.2, -0.15) is 0 Å². The first kappa shape index (κ1) is 14.4.